The first kappa shape index (κ1) is 24.7. The second-order valence-corrected chi connectivity index (χ2v) is 9.73. The molecule has 4 rings (SSSR count). The van der Waals surface area contributed by atoms with Crippen molar-refractivity contribution in [1.29, 1.82) is 0 Å². The van der Waals surface area contributed by atoms with E-state index in [1.54, 1.807) is 36.4 Å². The van der Waals surface area contributed by atoms with E-state index in [9.17, 15) is 14.4 Å². The Morgan fingerprint density at radius 1 is 0.886 bits per heavy atom. The quantitative estimate of drug-likeness (QED) is 0.227. The minimum absolute atomic E-state index is 0.0211. The van der Waals surface area contributed by atoms with Crippen LogP contribution in [0.3, 0.4) is 0 Å². The topological polar surface area (TPSA) is 75.7 Å². The number of halogens is 2. The van der Waals surface area contributed by atoms with Crippen LogP contribution in [-0.4, -0.2) is 17.8 Å². The number of hydrogen-bond acceptors (Lipinski definition) is 5. The smallest absolute Gasteiger partial charge is 0.343 e. The van der Waals surface area contributed by atoms with Crippen LogP contribution in [-0.2, 0) is 9.59 Å². The Hall–Kier alpha value is -3.42. The van der Waals surface area contributed by atoms with Crippen LogP contribution < -0.4 is 15.0 Å². The van der Waals surface area contributed by atoms with Gasteiger partial charge in [-0.1, -0.05) is 33.6 Å². The monoisotopic (exact) mass is 552 g/mol. The van der Waals surface area contributed by atoms with Gasteiger partial charge in [-0.05, 0) is 98.5 Å². The number of aryl methyl sites for hydroxylation is 4. The van der Waals surface area contributed by atoms with Gasteiger partial charge in [0.2, 0.25) is 0 Å². The zero-order chi connectivity index (χ0) is 25.4. The van der Waals surface area contributed by atoms with E-state index in [4.69, 9.17) is 16.3 Å². The second kappa shape index (κ2) is 9.68. The molecule has 0 aliphatic carbocycles. The van der Waals surface area contributed by atoms with E-state index in [1.807, 2.05) is 45.9 Å². The average molecular weight is 554 g/mol. The first-order valence-corrected chi connectivity index (χ1v) is 11.9. The van der Waals surface area contributed by atoms with Crippen molar-refractivity contribution in [3.8, 4) is 5.75 Å². The third-order valence-corrected chi connectivity index (χ3v) is 6.31. The molecule has 0 radical (unpaired) electrons. The highest BCUT2D eigenvalue weighted by molar-refractivity contribution is 9.10. The molecule has 0 spiro atoms. The number of hydrogen-bond donors (Lipinski definition) is 1. The van der Waals surface area contributed by atoms with E-state index in [-0.39, 0.29) is 10.7 Å². The summed E-state index contributed by atoms with van der Waals surface area (Å²) in [4.78, 5) is 39.5. The van der Waals surface area contributed by atoms with Gasteiger partial charge in [-0.3, -0.25) is 9.59 Å². The predicted molar refractivity (Wildman–Crippen MR) is 140 cm³/mol. The largest absolute Gasteiger partial charge is 0.422 e. The Bertz CT molecular complexity index is 1370. The van der Waals surface area contributed by atoms with Crippen LogP contribution in [0, 0.1) is 27.7 Å². The molecular weight excluding hydrogens is 532 g/mol. The van der Waals surface area contributed by atoms with Crippen molar-refractivity contribution in [3.63, 3.8) is 0 Å². The molecule has 1 aliphatic rings. The Balaban J connectivity index is 1.51. The fraction of sp³-hybridized carbons (Fsp3) is 0.148. The van der Waals surface area contributed by atoms with Gasteiger partial charge < -0.3 is 10.1 Å². The molecule has 0 saturated heterocycles. The Labute approximate surface area is 216 Å². The van der Waals surface area contributed by atoms with Crippen molar-refractivity contribution in [3.05, 3.63) is 97.6 Å². The van der Waals surface area contributed by atoms with Crippen LogP contribution in [0.1, 0.15) is 32.6 Å². The average Bonchev–Trinajstić information content (AvgIpc) is 2.99. The molecule has 0 fully saturated rings. The van der Waals surface area contributed by atoms with Gasteiger partial charge in [-0.25, -0.2) is 9.69 Å². The molecule has 0 atom stereocenters. The molecular formula is C27H22BrClN2O4. The molecule has 178 valence electrons. The van der Waals surface area contributed by atoms with Gasteiger partial charge in [0.25, 0.3) is 11.8 Å². The number of nitrogens with zero attached hydrogens (tertiary/aromatic N) is 1. The lowest BCUT2D eigenvalue weighted by Crippen LogP contribution is -2.32. The van der Waals surface area contributed by atoms with E-state index in [1.165, 1.54) is 0 Å². The molecule has 1 aliphatic heterocycles. The molecule has 6 nitrogen and oxygen atoms in total. The highest BCUT2D eigenvalue weighted by atomic mass is 79.9. The Kier molecular flexibility index (Phi) is 6.83. The van der Waals surface area contributed by atoms with Crippen molar-refractivity contribution >= 4 is 56.7 Å². The van der Waals surface area contributed by atoms with E-state index in [0.717, 1.165) is 31.6 Å². The minimum atomic E-state index is -0.593. The van der Waals surface area contributed by atoms with Gasteiger partial charge in [0.05, 0.1) is 11.3 Å². The number of benzene rings is 3. The zero-order valence-electron chi connectivity index (χ0n) is 19.5. The number of ether oxygens (including phenoxy) is 1. The molecule has 0 unspecified atom stereocenters. The second-order valence-electron chi connectivity index (χ2n) is 8.44. The number of nitrogens with one attached hydrogen (secondary N) is 1. The maximum atomic E-state index is 13.0. The van der Waals surface area contributed by atoms with E-state index >= 15 is 0 Å². The summed E-state index contributed by atoms with van der Waals surface area (Å²) < 4.78 is 6.51. The van der Waals surface area contributed by atoms with E-state index in [2.05, 4.69) is 21.2 Å². The van der Waals surface area contributed by atoms with Crippen LogP contribution in [0.5, 0.6) is 5.75 Å². The zero-order valence-corrected chi connectivity index (χ0v) is 21.9. The summed E-state index contributed by atoms with van der Waals surface area (Å²) in [6.45, 7) is 7.52. The molecule has 0 saturated carbocycles. The fourth-order valence-electron chi connectivity index (χ4n) is 3.97. The van der Waals surface area contributed by atoms with Gasteiger partial charge in [0.15, 0.2) is 0 Å². The van der Waals surface area contributed by atoms with Gasteiger partial charge in [-0.2, -0.15) is 0 Å². The third-order valence-electron chi connectivity index (χ3n) is 5.50. The summed E-state index contributed by atoms with van der Waals surface area (Å²) in [5.74, 6) is -1.13. The first-order chi connectivity index (χ1) is 16.5. The number of rotatable bonds is 5. The lowest BCUT2D eigenvalue weighted by atomic mass is 10.1. The summed E-state index contributed by atoms with van der Waals surface area (Å²) in [7, 11) is 0. The normalized spacial score (nSPS) is 13.5. The number of esters is 1. The standard InChI is InChI=1S/C27H22BrClN2O4/c1-14-9-15(2)11-21(10-14)31-25(32)22(29)23(26(31)33)30-20-7-5-18(6-8-20)27(34)35-24-16(3)12-19(28)13-17(24)4/h5-13,30H,1-4H3. The van der Waals surface area contributed by atoms with Crippen LogP contribution in [0.25, 0.3) is 0 Å². The van der Waals surface area contributed by atoms with Gasteiger partial charge >= 0.3 is 5.97 Å². The predicted octanol–water partition coefficient (Wildman–Crippen LogP) is 6.34. The fourth-order valence-corrected chi connectivity index (χ4v) is 4.87. The number of anilines is 2. The summed E-state index contributed by atoms with van der Waals surface area (Å²) in [5.41, 5.74) is 4.79. The van der Waals surface area contributed by atoms with Gasteiger partial charge in [-0.15, -0.1) is 0 Å². The number of carbonyl (C=O) groups excluding carboxylic acids is 3. The Morgan fingerprint density at radius 3 is 2.03 bits per heavy atom. The van der Waals surface area contributed by atoms with Crippen LogP contribution in [0.2, 0.25) is 0 Å². The molecule has 2 amide bonds. The lowest BCUT2D eigenvalue weighted by Gasteiger charge is -2.16. The summed E-state index contributed by atoms with van der Waals surface area (Å²) in [6, 6.07) is 15.6. The van der Waals surface area contributed by atoms with E-state index < -0.39 is 17.8 Å². The molecule has 8 heteroatoms. The molecule has 0 bridgehead atoms. The maximum Gasteiger partial charge on any atom is 0.343 e. The van der Waals surface area contributed by atoms with Crippen LogP contribution in [0.4, 0.5) is 11.4 Å². The number of amides is 2. The lowest BCUT2D eigenvalue weighted by molar-refractivity contribution is -0.120. The van der Waals surface area contributed by atoms with Crippen molar-refractivity contribution in [2.75, 3.05) is 10.2 Å². The van der Waals surface area contributed by atoms with Crippen molar-refractivity contribution in [2.45, 2.75) is 27.7 Å². The summed E-state index contributed by atoms with van der Waals surface area (Å²) in [6.07, 6.45) is 0. The molecule has 1 heterocycles. The Morgan fingerprint density at radius 2 is 1.46 bits per heavy atom. The highest BCUT2D eigenvalue weighted by Crippen LogP contribution is 2.32. The minimum Gasteiger partial charge on any atom is -0.422 e. The molecule has 0 aromatic heterocycles. The molecule has 1 N–H and O–H groups in total. The van der Waals surface area contributed by atoms with Crippen LogP contribution >= 0.6 is 27.5 Å². The van der Waals surface area contributed by atoms with E-state index in [0.29, 0.717) is 22.7 Å². The number of carbonyl (C=O) groups is 3. The van der Waals surface area contributed by atoms with Crippen LogP contribution in [0.15, 0.2) is 69.8 Å². The van der Waals surface area contributed by atoms with Gasteiger partial charge in [0.1, 0.15) is 16.5 Å². The SMILES string of the molecule is Cc1cc(C)cc(N2C(=O)C(Cl)=C(Nc3ccc(C(=O)Oc4c(C)cc(Br)cc4C)cc3)C2=O)c1. The highest BCUT2D eigenvalue weighted by Gasteiger charge is 2.39. The summed E-state index contributed by atoms with van der Waals surface area (Å²) >= 11 is 9.67. The summed E-state index contributed by atoms with van der Waals surface area (Å²) in [5, 5.41) is 2.72. The molecule has 3 aromatic rings. The molecule has 3 aromatic carbocycles. The number of imide groups is 1. The molecule has 35 heavy (non-hydrogen) atoms. The first-order valence-electron chi connectivity index (χ1n) is 10.8. The van der Waals surface area contributed by atoms with Crippen molar-refractivity contribution in [1.82, 2.24) is 0 Å². The van der Waals surface area contributed by atoms with Gasteiger partial charge in [0, 0.05) is 10.2 Å². The van der Waals surface area contributed by atoms with Crippen molar-refractivity contribution < 1.29 is 19.1 Å². The van der Waals surface area contributed by atoms with Crippen molar-refractivity contribution in [2.24, 2.45) is 0 Å². The third kappa shape index (κ3) is 5.01. The maximum absolute atomic E-state index is 13.0.